The zero-order chi connectivity index (χ0) is 14.4. The first-order chi connectivity index (χ1) is 9.62. The van der Waals surface area contributed by atoms with Crippen molar-refractivity contribution in [1.29, 1.82) is 0 Å². The Kier molecular flexibility index (Phi) is 4.75. The fourth-order valence-electron chi connectivity index (χ4n) is 1.78. The summed E-state index contributed by atoms with van der Waals surface area (Å²) in [4.78, 5) is 4.25. The van der Waals surface area contributed by atoms with Crippen LogP contribution in [0.15, 0.2) is 47.9 Å². The molecule has 0 fully saturated rings. The van der Waals surface area contributed by atoms with Crippen LogP contribution in [0.2, 0.25) is 0 Å². The zero-order valence-corrected chi connectivity index (χ0v) is 12.1. The van der Waals surface area contributed by atoms with Gasteiger partial charge in [-0.25, -0.2) is 18.1 Å². The van der Waals surface area contributed by atoms with Crippen molar-refractivity contribution in [3.8, 4) is 0 Å². The summed E-state index contributed by atoms with van der Waals surface area (Å²) in [6.45, 7) is 1.72. The van der Waals surface area contributed by atoms with E-state index in [0.29, 0.717) is 0 Å². The maximum absolute atomic E-state index is 11.6. The number of sulfonamides is 1. The van der Waals surface area contributed by atoms with Crippen LogP contribution in [0.1, 0.15) is 6.42 Å². The van der Waals surface area contributed by atoms with Crippen molar-refractivity contribution in [2.45, 2.75) is 17.9 Å². The molecule has 0 spiro atoms. The third kappa shape index (κ3) is 3.82. The first-order valence-electron chi connectivity index (χ1n) is 6.35. The molecule has 0 atom stereocenters. The average Bonchev–Trinajstić information content (AvgIpc) is 2.97. The molecule has 1 aromatic heterocycles. The van der Waals surface area contributed by atoms with Crippen LogP contribution >= 0.6 is 0 Å². The Morgan fingerprint density at radius 1 is 1.25 bits per heavy atom. The van der Waals surface area contributed by atoms with Gasteiger partial charge in [-0.2, -0.15) is 0 Å². The van der Waals surface area contributed by atoms with Crippen LogP contribution in [-0.2, 0) is 16.6 Å². The number of benzene rings is 1. The number of hydrogen-bond donors (Lipinski definition) is 2. The molecule has 0 saturated heterocycles. The van der Waals surface area contributed by atoms with E-state index in [0.717, 1.165) is 25.2 Å². The molecule has 2 aromatic rings. The lowest BCUT2D eigenvalue weighted by Gasteiger charge is -2.08. The second-order valence-corrected chi connectivity index (χ2v) is 6.20. The predicted molar refractivity (Wildman–Crippen MR) is 78.0 cm³/mol. The topological polar surface area (TPSA) is 76.0 Å². The molecule has 0 aliphatic carbocycles. The lowest BCUT2D eigenvalue weighted by molar-refractivity contribution is 0.588. The van der Waals surface area contributed by atoms with Crippen LogP contribution in [0.3, 0.4) is 0 Å². The lowest BCUT2D eigenvalue weighted by atomic mass is 10.3. The van der Waals surface area contributed by atoms with Gasteiger partial charge in [0, 0.05) is 31.2 Å². The molecule has 6 nitrogen and oxygen atoms in total. The molecule has 108 valence electrons. The van der Waals surface area contributed by atoms with E-state index >= 15 is 0 Å². The molecule has 2 rings (SSSR count). The molecule has 7 heteroatoms. The largest absolute Gasteiger partial charge is 0.385 e. The van der Waals surface area contributed by atoms with Crippen LogP contribution in [0.4, 0.5) is 5.69 Å². The number of nitrogens with zero attached hydrogens (tertiary/aromatic N) is 2. The molecule has 0 amide bonds. The SMILES string of the molecule is CNS(=O)(=O)c1ccc(NCCCn2ccnc2)cc1. The van der Waals surface area contributed by atoms with E-state index in [2.05, 4.69) is 15.0 Å². The minimum atomic E-state index is -3.36. The number of aromatic nitrogens is 2. The summed E-state index contributed by atoms with van der Waals surface area (Å²) in [6, 6.07) is 6.71. The van der Waals surface area contributed by atoms with Gasteiger partial charge in [0.15, 0.2) is 0 Å². The first kappa shape index (κ1) is 14.5. The third-order valence-corrected chi connectivity index (χ3v) is 4.34. The molecule has 20 heavy (non-hydrogen) atoms. The summed E-state index contributed by atoms with van der Waals surface area (Å²) in [6.07, 6.45) is 6.44. The van der Waals surface area contributed by atoms with E-state index in [9.17, 15) is 8.42 Å². The van der Waals surface area contributed by atoms with Gasteiger partial charge in [0.2, 0.25) is 10.0 Å². The van der Waals surface area contributed by atoms with Crippen molar-refractivity contribution in [3.05, 3.63) is 43.0 Å². The van der Waals surface area contributed by atoms with Gasteiger partial charge in [-0.3, -0.25) is 0 Å². The number of rotatable bonds is 7. The standard InChI is InChI=1S/C13H18N4O2S/c1-14-20(18,19)13-5-3-12(4-6-13)16-7-2-9-17-10-8-15-11-17/h3-6,8,10-11,14,16H,2,7,9H2,1H3. The second-order valence-electron chi connectivity index (χ2n) is 4.31. The van der Waals surface area contributed by atoms with Gasteiger partial charge in [-0.15, -0.1) is 0 Å². The normalized spacial score (nSPS) is 11.4. The zero-order valence-electron chi connectivity index (χ0n) is 11.3. The number of hydrogen-bond acceptors (Lipinski definition) is 4. The Balaban J connectivity index is 1.82. The maximum atomic E-state index is 11.6. The second kappa shape index (κ2) is 6.53. The number of nitrogens with one attached hydrogen (secondary N) is 2. The maximum Gasteiger partial charge on any atom is 0.240 e. The molecule has 0 saturated carbocycles. The molecular weight excluding hydrogens is 276 g/mol. The molecule has 0 bridgehead atoms. The number of imidazole rings is 1. The Morgan fingerprint density at radius 2 is 2.00 bits per heavy atom. The van der Waals surface area contributed by atoms with Crippen LogP contribution in [0.5, 0.6) is 0 Å². The molecule has 1 aromatic carbocycles. The van der Waals surface area contributed by atoms with Crippen LogP contribution in [-0.4, -0.2) is 31.6 Å². The number of aryl methyl sites for hydroxylation is 1. The summed E-state index contributed by atoms with van der Waals surface area (Å²) in [5.41, 5.74) is 0.908. The first-order valence-corrected chi connectivity index (χ1v) is 7.83. The van der Waals surface area contributed by atoms with Crippen molar-refractivity contribution >= 4 is 15.7 Å². The Labute approximate surface area is 118 Å². The van der Waals surface area contributed by atoms with E-state index in [1.54, 1.807) is 36.8 Å². The summed E-state index contributed by atoms with van der Waals surface area (Å²) in [5, 5.41) is 3.25. The van der Waals surface area contributed by atoms with Gasteiger partial charge < -0.3 is 9.88 Å². The summed E-state index contributed by atoms with van der Waals surface area (Å²) in [7, 11) is -1.96. The van der Waals surface area contributed by atoms with Crippen LogP contribution in [0, 0.1) is 0 Å². The minimum absolute atomic E-state index is 0.268. The van der Waals surface area contributed by atoms with Gasteiger partial charge in [0.25, 0.3) is 0 Å². The van der Waals surface area contributed by atoms with E-state index < -0.39 is 10.0 Å². The van der Waals surface area contributed by atoms with E-state index in [4.69, 9.17) is 0 Å². The highest BCUT2D eigenvalue weighted by Gasteiger charge is 2.09. The van der Waals surface area contributed by atoms with Crippen molar-refractivity contribution in [3.63, 3.8) is 0 Å². The molecular formula is C13H18N4O2S. The van der Waals surface area contributed by atoms with Gasteiger partial charge in [0.1, 0.15) is 0 Å². The Hall–Kier alpha value is -1.86. The smallest absolute Gasteiger partial charge is 0.240 e. The monoisotopic (exact) mass is 294 g/mol. The molecule has 1 heterocycles. The fourth-order valence-corrected chi connectivity index (χ4v) is 2.51. The number of anilines is 1. The predicted octanol–water partition coefficient (Wildman–Crippen LogP) is 1.29. The van der Waals surface area contributed by atoms with Crippen molar-refractivity contribution < 1.29 is 8.42 Å². The minimum Gasteiger partial charge on any atom is -0.385 e. The molecule has 0 aliphatic heterocycles. The van der Waals surface area contributed by atoms with Crippen molar-refractivity contribution in [1.82, 2.24) is 14.3 Å². The fraction of sp³-hybridized carbons (Fsp3) is 0.308. The molecule has 2 N–H and O–H groups in total. The van der Waals surface area contributed by atoms with Crippen LogP contribution < -0.4 is 10.0 Å². The highest BCUT2D eigenvalue weighted by Crippen LogP contribution is 2.13. The van der Waals surface area contributed by atoms with Gasteiger partial charge in [-0.1, -0.05) is 0 Å². The van der Waals surface area contributed by atoms with Gasteiger partial charge in [0.05, 0.1) is 11.2 Å². The van der Waals surface area contributed by atoms with Crippen LogP contribution in [0.25, 0.3) is 0 Å². The Bertz CT molecular complexity index is 621. The highest BCUT2D eigenvalue weighted by atomic mass is 32.2. The Morgan fingerprint density at radius 3 is 2.60 bits per heavy atom. The summed E-state index contributed by atoms with van der Waals surface area (Å²) >= 11 is 0. The van der Waals surface area contributed by atoms with E-state index in [-0.39, 0.29) is 4.90 Å². The van der Waals surface area contributed by atoms with E-state index in [1.165, 1.54) is 7.05 Å². The van der Waals surface area contributed by atoms with Gasteiger partial charge >= 0.3 is 0 Å². The quantitative estimate of drug-likeness (QED) is 0.755. The molecule has 0 aliphatic rings. The molecule has 0 unspecified atom stereocenters. The van der Waals surface area contributed by atoms with Gasteiger partial charge in [-0.05, 0) is 37.7 Å². The summed E-state index contributed by atoms with van der Waals surface area (Å²) < 4.78 is 27.4. The highest BCUT2D eigenvalue weighted by molar-refractivity contribution is 7.89. The summed E-state index contributed by atoms with van der Waals surface area (Å²) in [5.74, 6) is 0. The van der Waals surface area contributed by atoms with E-state index in [1.807, 2.05) is 10.8 Å². The molecule has 0 radical (unpaired) electrons. The van der Waals surface area contributed by atoms with Crippen molar-refractivity contribution in [2.75, 3.05) is 18.9 Å². The third-order valence-electron chi connectivity index (χ3n) is 2.91. The lowest BCUT2D eigenvalue weighted by Crippen LogP contribution is -2.18. The van der Waals surface area contributed by atoms with Crippen molar-refractivity contribution in [2.24, 2.45) is 0 Å². The average molecular weight is 294 g/mol.